The Hall–Kier alpha value is -3.21. The summed E-state index contributed by atoms with van der Waals surface area (Å²) in [6.45, 7) is 0. The maximum absolute atomic E-state index is 11.9. The Labute approximate surface area is 133 Å². The van der Waals surface area contributed by atoms with Gasteiger partial charge in [-0.3, -0.25) is 4.79 Å². The summed E-state index contributed by atoms with van der Waals surface area (Å²) in [6.07, 6.45) is 1.46. The summed E-state index contributed by atoms with van der Waals surface area (Å²) in [5.74, 6) is 1.89. The van der Waals surface area contributed by atoms with Crippen LogP contribution >= 0.6 is 0 Å². The lowest BCUT2D eigenvalue weighted by Crippen LogP contribution is -2.10. The number of nitrogens with one attached hydrogen (secondary N) is 1. The van der Waals surface area contributed by atoms with Crippen molar-refractivity contribution < 1.29 is 18.7 Å². The molecule has 0 fully saturated rings. The standard InChI is InChI=1S/C18H15NO4/c1-21-15-5-2-3-6-16(15)23-14-10-8-13(9-11-14)19-18(20)17-7-4-12-22-17/h2-12H,1H3,(H,19,20). The van der Waals surface area contributed by atoms with Gasteiger partial charge in [-0.05, 0) is 48.5 Å². The molecule has 2 aromatic carbocycles. The van der Waals surface area contributed by atoms with E-state index < -0.39 is 0 Å². The van der Waals surface area contributed by atoms with E-state index in [9.17, 15) is 4.79 Å². The van der Waals surface area contributed by atoms with E-state index in [2.05, 4.69) is 5.32 Å². The van der Waals surface area contributed by atoms with Crippen LogP contribution in [0.3, 0.4) is 0 Å². The third-order valence-corrected chi connectivity index (χ3v) is 3.15. The topological polar surface area (TPSA) is 60.7 Å². The number of carbonyl (C=O) groups is 1. The predicted octanol–water partition coefficient (Wildman–Crippen LogP) is 4.33. The summed E-state index contributed by atoms with van der Waals surface area (Å²) in [5.41, 5.74) is 0.652. The normalized spacial score (nSPS) is 10.1. The van der Waals surface area contributed by atoms with Gasteiger partial charge in [0.15, 0.2) is 17.3 Å². The maximum atomic E-state index is 11.9. The zero-order valence-corrected chi connectivity index (χ0v) is 12.5. The molecule has 1 amide bonds. The van der Waals surface area contributed by atoms with Crippen molar-refractivity contribution in [3.05, 3.63) is 72.7 Å². The SMILES string of the molecule is COc1ccccc1Oc1ccc(NC(=O)c2ccco2)cc1. The molecule has 0 saturated heterocycles. The van der Waals surface area contributed by atoms with Crippen molar-refractivity contribution in [1.29, 1.82) is 0 Å². The minimum absolute atomic E-state index is 0.263. The lowest BCUT2D eigenvalue weighted by molar-refractivity contribution is 0.0996. The molecule has 1 heterocycles. The van der Waals surface area contributed by atoms with Gasteiger partial charge < -0.3 is 19.2 Å². The molecule has 3 rings (SSSR count). The Morgan fingerprint density at radius 3 is 2.35 bits per heavy atom. The molecule has 0 atom stereocenters. The van der Waals surface area contributed by atoms with Gasteiger partial charge in [0, 0.05) is 5.69 Å². The maximum Gasteiger partial charge on any atom is 0.291 e. The monoisotopic (exact) mass is 309 g/mol. The number of para-hydroxylation sites is 2. The summed E-state index contributed by atoms with van der Waals surface area (Å²) >= 11 is 0. The highest BCUT2D eigenvalue weighted by Crippen LogP contribution is 2.31. The average Bonchev–Trinajstić information content (AvgIpc) is 3.12. The minimum atomic E-state index is -0.298. The molecule has 0 saturated carbocycles. The van der Waals surface area contributed by atoms with E-state index in [1.165, 1.54) is 6.26 Å². The first-order valence-electron chi connectivity index (χ1n) is 7.02. The van der Waals surface area contributed by atoms with Crippen LogP contribution in [0.25, 0.3) is 0 Å². The van der Waals surface area contributed by atoms with Crippen molar-refractivity contribution >= 4 is 11.6 Å². The van der Waals surface area contributed by atoms with Crippen molar-refractivity contribution in [3.63, 3.8) is 0 Å². The third kappa shape index (κ3) is 3.52. The fourth-order valence-electron chi connectivity index (χ4n) is 2.04. The molecule has 0 aliphatic heterocycles. The molecule has 0 aliphatic carbocycles. The Bertz CT molecular complexity index is 779. The van der Waals surface area contributed by atoms with Crippen molar-refractivity contribution in [3.8, 4) is 17.2 Å². The quantitative estimate of drug-likeness (QED) is 0.762. The van der Waals surface area contributed by atoms with E-state index in [1.807, 2.05) is 24.3 Å². The molecule has 0 aliphatic rings. The van der Waals surface area contributed by atoms with Crippen LogP contribution < -0.4 is 14.8 Å². The van der Waals surface area contributed by atoms with Gasteiger partial charge in [0.2, 0.25) is 0 Å². The van der Waals surface area contributed by atoms with Crippen molar-refractivity contribution in [2.45, 2.75) is 0 Å². The summed E-state index contributed by atoms with van der Waals surface area (Å²) in [6, 6.07) is 17.7. The Kier molecular flexibility index (Phi) is 4.29. The first kappa shape index (κ1) is 14.7. The molecule has 0 bridgehead atoms. The zero-order chi connectivity index (χ0) is 16.1. The molecule has 5 nitrogen and oxygen atoms in total. The smallest absolute Gasteiger partial charge is 0.291 e. The second-order valence-corrected chi connectivity index (χ2v) is 4.71. The molecule has 0 unspecified atom stereocenters. The van der Waals surface area contributed by atoms with Crippen LogP contribution in [0.2, 0.25) is 0 Å². The highest BCUT2D eigenvalue weighted by Gasteiger charge is 2.09. The number of benzene rings is 2. The highest BCUT2D eigenvalue weighted by atomic mass is 16.5. The van der Waals surface area contributed by atoms with Crippen molar-refractivity contribution in [1.82, 2.24) is 0 Å². The Morgan fingerprint density at radius 1 is 0.957 bits per heavy atom. The largest absolute Gasteiger partial charge is 0.493 e. The van der Waals surface area contributed by atoms with E-state index in [-0.39, 0.29) is 11.7 Å². The molecule has 0 spiro atoms. The van der Waals surface area contributed by atoms with Gasteiger partial charge in [0.25, 0.3) is 5.91 Å². The van der Waals surface area contributed by atoms with Gasteiger partial charge in [-0.2, -0.15) is 0 Å². The van der Waals surface area contributed by atoms with Crippen LogP contribution in [0.15, 0.2) is 71.3 Å². The summed E-state index contributed by atoms with van der Waals surface area (Å²) in [7, 11) is 1.59. The molecule has 3 aromatic rings. The van der Waals surface area contributed by atoms with Gasteiger partial charge in [-0.25, -0.2) is 0 Å². The fraction of sp³-hybridized carbons (Fsp3) is 0.0556. The number of methoxy groups -OCH3 is 1. The number of hydrogen-bond acceptors (Lipinski definition) is 4. The highest BCUT2D eigenvalue weighted by molar-refractivity contribution is 6.02. The molecule has 1 aromatic heterocycles. The van der Waals surface area contributed by atoms with Crippen LogP contribution in [0.5, 0.6) is 17.2 Å². The number of rotatable bonds is 5. The van der Waals surface area contributed by atoms with E-state index >= 15 is 0 Å². The van der Waals surface area contributed by atoms with Crippen LogP contribution in [0.4, 0.5) is 5.69 Å². The van der Waals surface area contributed by atoms with Crippen molar-refractivity contribution in [2.75, 3.05) is 12.4 Å². The molecule has 23 heavy (non-hydrogen) atoms. The minimum Gasteiger partial charge on any atom is -0.493 e. The second-order valence-electron chi connectivity index (χ2n) is 4.71. The molecular formula is C18H15NO4. The Balaban J connectivity index is 1.68. The molecule has 116 valence electrons. The summed E-state index contributed by atoms with van der Waals surface area (Å²) in [5, 5.41) is 2.75. The fourth-order valence-corrected chi connectivity index (χ4v) is 2.04. The molecule has 5 heteroatoms. The van der Waals surface area contributed by atoms with Gasteiger partial charge >= 0.3 is 0 Å². The second kappa shape index (κ2) is 6.70. The van der Waals surface area contributed by atoms with E-state index in [0.29, 0.717) is 22.9 Å². The predicted molar refractivity (Wildman–Crippen MR) is 86.2 cm³/mol. The molecular weight excluding hydrogens is 294 g/mol. The first-order valence-corrected chi connectivity index (χ1v) is 7.02. The van der Waals surface area contributed by atoms with Gasteiger partial charge in [-0.15, -0.1) is 0 Å². The van der Waals surface area contributed by atoms with Crippen LogP contribution in [0.1, 0.15) is 10.6 Å². The van der Waals surface area contributed by atoms with Crippen LogP contribution in [-0.4, -0.2) is 13.0 Å². The van der Waals surface area contributed by atoms with Gasteiger partial charge in [0.1, 0.15) is 5.75 Å². The lowest BCUT2D eigenvalue weighted by Gasteiger charge is -2.10. The van der Waals surface area contributed by atoms with E-state index in [1.54, 1.807) is 43.5 Å². The van der Waals surface area contributed by atoms with Crippen LogP contribution in [-0.2, 0) is 0 Å². The molecule has 1 N–H and O–H groups in total. The van der Waals surface area contributed by atoms with Crippen LogP contribution in [0, 0.1) is 0 Å². The average molecular weight is 309 g/mol. The first-order chi connectivity index (χ1) is 11.3. The molecule has 0 radical (unpaired) electrons. The number of carbonyl (C=O) groups excluding carboxylic acids is 1. The number of amides is 1. The summed E-state index contributed by atoms with van der Waals surface area (Å²) < 4.78 is 16.1. The number of anilines is 1. The lowest BCUT2D eigenvalue weighted by atomic mass is 10.3. The third-order valence-electron chi connectivity index (χ3n) is 3.15. The van der Waals surface area contributed by atoms with Gasteiger partial charge in [-0.1, -0.05) is 12.1 Å². The van der Waals surface area contributed by atoms with Crippen molar-refractivity contribution in [2.24, 2.45) is 0 Å². The zero-order valence-electron chi connectivity index (χ0n) is 12.5. The summed E-state index contributed by atoms with van der Waals surface area (Å²) in [4.78, 5) is 11.9. The van der Waals surface area contributed by atoms with Gasteiger partial charge in [0.05, 0.1) is 13.4 Å². The Morgan fingerprint density at radius 2 is 1.70 bits per heavy atom. The number of hydrogen-bond donors (Lipinski definition) is 1. The number of furan rings is 1. The van der Waals surface area contributed by atoms with E-state index in [0.717, 1.165) is 0 Å². The van der Waals surface area contributed by atoms with E-state index in [4.69, 9.17) is 13.9 Å². The number of ether oxygens (including phenoxy) is 2.